The van der Waals surface area contributed by atoms with E-state index in [9.17, 15) is 4.79 Å². The molecule has 134 valence electrons. The first kappa shape index (κ1) is 16.7. The molecule has 0 fully saturated rings. The summed E-state index contributed by atoms with van der Waals surface area (Å²) in [5.74, 6) is 0.607. The van der Waals surface area contributed by atoms with E-state index in [1.807, 2.05) is 42.5 Å². The van der Waals surface area contributed by atoms with Crippen LogP contribution in [0.2, 0.25) is 0 Å². The van der Waals surface area contributed by atoms with E-state index in [0.717, 1.165) is 16.8 Å². The van der Waals surface area contributed by atoms with Gasteiger partial charge in [-0.15, -0.1) is 5.10 Å². The molecule has 0 aliphatic carbocycles. The standard InChI is InChI=1S/C20H17N5O2/c26-20(17-6-3-7-18(12-17)25-14-22-23-24-25)21-10-11-27-19-9-8-15-4-1-2-5-16(15)13-19/h1-9,12-14H,10-11H2,(H,21,26). The molecule has 0 saturated heterocycles. The van der Waals surface area contributed by atoms with Crippen molar-refractivity contribution < 1.29 is 9.53 Å². The minimum Gasteiger partial charge on any atom is -0.492 e. The van der Waals surface area contributed by atoms with Gasteiger partial charge in [0.25, 0.3) is 5.91 Å². The number of carbonyl (C=O) groups is 1. The largest absolute Gasteiger partial charge is 0.492 e. The molecular weight excluding hydrogens is 342 g/mol. The van der Waals surface area contributed by atoms with Gasteiger partial charge in [0.15, 0.2) is 0 Å². The van der Waals surface area contributed by atoms with Gasteiger partial charge in [-0.1, -0.05) is 36.4 Å². The van der Waals surface area contributed by atoms with Gasteiger partial charge in [0, 0.05) is 5.56 Å². The van der Waals surface area contributed by atoms with Crippen LogP contribution in [0.5, 0.6) is 5.75 Å². The molecule has 3 aromatic carbocycles. The molecule has 1 heterocycles. The zero-order valence-corrected chi connectivity index (χ0v) is 14.4. The SMILES string of the molecule is O=C(NCCOc1ccc2ccccc2c1)c1cccc(-n2cnnn2)c1. The van der Waals surface area contributed by atoms with E-state index < -0.39 is 0 Å². The first-order chi connectivity index (χ1) is 13.3. The van der Waals surface area contributed by atoms with Crippen molar-refractivity contribution in [2.45, 2.75) is 0 Å². The Hall–Kier alpha value is -3.74. The molecule has 0 unspecified atom stereocenters. The maximum absolute atomic E-state index is 12.3. The number of nitrogens with zero attached hydrogens (tertiary/aromatic N) is 4. The smallest absolute Gasteiger partial charge is 0.251 e. The van der Waals surface area contributed by atoms with E-state index in [2.05, 4.69) is 26.9 Å². The molecule has 0 spiro atoms. The van der Waals surface area contributed by atoms with Gasteiger partial charge < -0.3 is 10.1 Å². The van der Waals surface area contributed by atoms with E-state index in [1.54, 1.807) is 18.2 Å². The minimum absolute atomic E-state index is 0.174. The summed E-state index contributed by atoms with van der Waals surface area (Å²) in [6.07, 6.45) is 1.48. The second-order valence-electron chi connectivity index (χ2n) is 5.92. The average molecular weight is 359 g/mol. The molecule has 1 aromatic heterocycles. The van der Waals surface area contributed by atoms with E-state index in [4.69, 9.17) is 4.74 Å². The number of fused-ring (bicyclic) bond motifs is 1. The lowest BCUT2D eigenvalue weighted by Gasteiger charge is -2.09. The van der Waals surface area contributed by atoms with Crippen molar-refractivity contribution in [3.8, 4) is 11.4 Å². The summed E-state index contributed by atoms with van der Waals surface area (Å²) in [6.45, 7) is 0.789. The highest BCUT2D eigenvalue weighted by Crippen LogP contribution is 2.20. The van der Waals surface area contributed by atoms with Crippen molar-refractivity contribution >= 4 is 16.7 Å². The molecule has 7 heteroatoms. The maximum Gasteiger partial charge on any atom is 0.251 e. The number of nitrogens with one attached hydrogen (secondary N) is 1. The minimum atomic E-state index is -0.174. The normalized spacial score (nSPS) is 10.7. The first-order valence-electron chi connectivity index (χ1n) is 8.53. The van der Waals surface area contributed by atoms with Crippen LogP contribution in [0.15, 0.2) is 73.1 Å². The summed E-state index contributed by atoms with van der Waals surface area (Å²) in [5, 5.41) is 16.2. The van der Waals surface area contributed by atoms with Crippen molar-refractivity contribution in [3.63, 3.8) is 0 Å². The van der Waals surface area contributed by atoms with E-state index in [1.165, 1.54) is 16.4 Å². The monoisotopic (exact) mass is 359 g/mol. The Morgan fingerprint density at radius 2 is 1.89 bits per heavy atom. The molecule has 0 aliphatic heterocycles. The van der Waals surface area contributed by atoms with Gasteiger partial charge >= 0.3 is 0 Å². The lowest BCUT2D eigenvalue weighted by atomic mass is 10.1. The molecule has 7 nitrogen and oxygen atoms in total. The summed E-state index contributed by atoms with van der Waals surface area (Å²) in [4.78, 5) is 12.3. The second-order valence-corrected chi connectivity index (χ2v) is 5.92. The van der Waals surface area contributed by atoms with Gasteiger partial charge in [-0.2, -0.15) is 0 Å². The Balaban J connectivity index is 1.32. The van der Waals surface area contributed by atoms with Crippen LogP contribution in [0, 0.1) is 0 Å². The van der Waals surface area contributed by atoms with Gasteiger partial charge in [-0.3, -0.25) is 4.79 Å². The fourth-order valence-electron chi connectivity index (χ4n) is 2.76. The molecule has 27 heavy (non-hydrogen) atoms. The second kappa shape index (κ2) is 7.65. The van der Waals surface area contributed by atoms with Crippen molar-refractivity contribution in [2.24, 2.45) is 0 Å². The topological polar surface area (TPSA) is 81.9 Å². The van der Waals surface area contributed by atoms with Crippen LogP contribution in [-0.4, -0.2) is 39.3 Å². The lowest BCUT2D eigenvalue weighted by molar-refractivity contribution is 0.0947. The van der Waals surface area contributed by atoms with Crippen LogP contribution in [0.1, 0.15) is 10.4 Å². The Labute approximate surface area is 155 Å². The number of ether oxygens (including phenoxy) is 1. The highest BCUT2D eigenvalue weighted by Gasteiger charge is 2.07. The molecule has 0 radical (unpaired) electrons. The van der Waals surface area contributed by atoms with Gasteiger partial charge in [0.1, 0.15) is 18.7 Å². The number of benzene rings is 3. The summed E-state index contributed by atoms with van der Waals surface area (Å²) in [7, 11) is 0. The molecule has 0 bridgehead atoms. The Bertz CT molecular complexity index is 1060. The molecule has 4 aromatic rings. The van der Waals surface area contributed by atoms with Gasteiger partial charge in [-0.05, 0) is 51.5 Å². The Morgan fingerprint density at radius 1 is 1.00 bits per heavy atom. The highest BCUT2D eigenvalue weighted by molar-refractivity contribution is 5.94. The highest BCUT2D eigenvalue weighted by atomic mass is 16.5. The third-order valence-electron chi connectivity index (χ3n) is 4.10. The molecule has 0 atom stereocenters. The summed E-state index contributed by atoms with van der Waals surface area (Å²) in [6, 6.07) is 21.1. The maximum atomic E-state index is 12.3. The number of amides is 1. The van der Waals surface area contributed by atoms with Gasteiger partial charge in [0.2, 0.25) is 0 Å². The summed E-state index contributed by atoms with van der Waals surface area (Å²) < 4.78 is 7.24. The van der Waals surface area contributed by atoms with E-state index in [-0.39, 0.29) is 5.91 Å². The number of hydrogen-bond acceptors (Lipinski definition) is 5. The van der Waals surface area contributed by atoms with Crippen molar-refractivity contribution in [1.82, 2.24) is 25.5 Å². The van der Waals surface area contributed by atoms with Crippen molar-refractivity contribution in [3.05, 3.63) is 78.6 Å². The third kappa shape index (κ3) is 3.92. The fourth-order valence-corrected chi connectivity index (χ4v) is 2.76. The molecular formula is C20H17N5O2. The van der Waals surface area contributed by atoms with Crippen LogP contribution in [0.4, 0.5) is 0 Å². The van der Waals surface area contributed by atoms with Crippen molar-refractivity contribution in [2.75, 3.05) is 13.2 Å². The summed E-state index contributed by atoms with van der Waals surface area (Å²) in [5.41, 5.74) is 1.26. The molecule has 0 aliphatic rings. The number of tetrazole rings is 1. The predicted molar refractivity (Wildman–Crippen MR) is 101 cm³/mol. The summed E-state index contributed by atoms with van der Waals surface area (Å²) >= 11 is 0. The van der Waals surface area contributed by atoms with Crippen LogP contribution in [0.3, 0.4) is 0 Å². The van der Waals surface area contributed by atoms with Crippen LogP contribution < -0.4 is 10.1 Å². The zero-order chi connectivity index (χ0) is 18.5. The fraction of sp³-hybridized carbons (Fsp3) is 0.100. The first-order valence-corrected chi connectivity index (χ1v) is 8.53. The number of rotatable bonds is 6. The predicted octanol–water partition coefficient (Wildman–Crippen LogP) is 2.62. The van der Waals surface area contributed by atoms with Gasteiger partial charge in [0.05, 0.1) is 12.2 Å². The number of hydrogen-bond donors (Lipinski definition) is 1. The molecule has 1 N–H and O–H groups in total. The Morgan fingerprint density at radius 3 is 2.74 bits per heavy atom. The molecule has 0 saturated carbocycles. The average Bonchev–Trinajstić information content (AvgIpc) is 3.26. The van der Waals surface area contributed by atoms with Crippen molar-refractivity contribution in [1.29, 1.82) is 0 Å². The Kier molecular flexibility index (Phi) is 4.74. The molecule has 4 rings (SSSR count). The third-order valence-corrected chi connectivity index (χ3v) is 4.10. The lowest BCUT2D eigenvalue weighted by Crippen LogP contribution is -2.28. The van der Waals surface area contributed by atoms with Crippen LogP contribution in [-0.2, 0) is 0 Å². The van der Waals surface area contributed by atoms with E-state index >= 15 is 0 Å². The van der Waals surface area contributed by atoms with Crippen LogP contribution in [0.25, 0.3) is 16.5 Å². The van der Waals surface area contributed by atoms with E-state index in [0.29, 0.717) is 18.7 Å². The number of carbonyl (C=O) groups excluding carboxylic acids is 1. The molecule has 1 amide bonds. The zero-order valence-electron chi connectivity index (χ0n) is 14.4. The van der Waals surface area contributed by atoms with Gasteiger partial charge in [-0.25, -0.2) is 4.68 Å². The quantitative estimate of drug-likeness (QED) is 0.535. The van der Waals surface area contributed by atoms with Crippen LogP contribution >= 0.6 is 0 Å². The number of aromatic nitrogens is 4.